The van der Waals surface area contributed by atoms with Crippen LogP contribution in [-0.4, -0.2) is 59.2 Å². The number of rotatable bonds is 8. The normalized spacial score (nSPS) is 18.8. The third kappa shape index (κ3) is 6.47. The van der Waals surface area contributed by atoms with E-state index >= 15 is 0 Å². The molecule has 2 fully saturated rings. The van der Waals surface area contributed by atoms with E-state index in [-0.39, 0.29) is 17.6 Å². The van der Waals surface area contributed by atoms with E-state index in [0.29, 0.717) is 47.9 Å². The first kappa shape index (κ1) is 28.5. The molecule has 1 unspecified atom stereocenters. The Morgan fingerprint density at radius 2 is 1.73 bits per heavy atom. The number of ketones is 1. The minimum Gasteiger partial charge on any atom is -0.339 e. The lowest BCUT2D eigenvalue weighted by Gasteiger charge is -2.31. The second kappa shape index (κ2) is 12.2. The molecule has 0 bridgehead atoms. The molecule has 40 heavy (non-hydrogen) atoms. The van der Waals surface area contributed by atoms with Crippen molar-refractivity contribution in [2.24, 2.45) is 0 Å². The van der Waals surface area contributed by atoms with E-state index in [2.05, 4.69) is 16.9 Å². The van der Waals surface area contributed by atoms with Crippen molar-refractivity contribution in [1.82, 2.24) is 14.8 Å². The van der Waals surface area contributed by atoms with Crippen molar-refractivity contribution < 1.29 is 22.8 Å². The number of halogens is 3. The Morgan fingerprint density at radius 1 is 1.00 bits per heavy atom. The molecule has 5 rings (SSSR count). The fraction of sp³-hybridized carbons (Fsp3) is 0.452. The lowest BCUT2D eigenvalue weighted by atomic mass is 9.94. The highest BCUT2D eigenvalue weighted by Crippen LogP contribution is 2.34. The number of hydrogen-bond donors (Lipinski definition) is 0. The maximum atomic E-state index is 13.5. The summed E-state index contributed by atoms with van der Waals surface area (Å²) in [5.74, 6) is 0.181. The minimum atomic E-state index is -4.41. The maximum Gasteiger partial charge on any atom is 0.416 e. The molecule has 1 amide bonds. The van der Waals surface area contributed by atoms with Crippen molar-refractivity contribution in [3.8, 4) is 11.1 Å². The second-order valence-corrected chi connectivity index (χ2v) is 11.7. The quantitative estimate of drug-likeness (QED) is 0.267. The molecule has 0 radical (unpaired) electrons. The highest BCUT2D eigenvalue weighted by Gasteiger charge is 2.31. The average molecular weight is 570 g/mol. The van der Waals surface area contributed by atoms with Crippen molar-refractivity contribution in [1.29, 1.82) is 0 Å². The van der Waals surface area contributed by atoms with Crippen LogP contribution < -0.4 is 0 Å². The molecule has 3 heterocycles. The van der Waals surface area contributed by atoms with Gasteiger partial charge in [0, 0.05) is 42.4 Å². The first-order chi connectivity index (χ1) is 19.2. The van der Waals surface area contributed by atoms with Gasteiger partial charge in [0.15, 0.2) is 5.78 Å². The Hall–Kier alpha value is -3.04. The predicted molar refractivity (Wildman–Crippen MR) is 151 cm³/mol. The van der Waals surface area contributed by atoms with E-state index in [9.17, 15) is 22.8 Å². The first-order valence-corrected chi connectivity index (χ1v) is 14.8. The molecular formula is C31H34F3N3O2S. The van der Waals surface area contributed by atoms with Gasteiger partial charge in [-0.1, -0.05) is 30.3 Å². The van der Waals surface area contributed by atoms with Crippen LogP contribution in [0.2, 0.25) is 0 Å². The minimum absolute atomic E-state index is 0.107. The SMILES string of the molecule is CN1CCCC1CCCC(=O)c1csc(C2CCN(C(=O)c3ccccc3-c3ccc(C(F)(F)F)cc3)CC2)n1. The summed E-state index contributed by atoms with van der Waals surface area (Å²) >= 11 is 1.53. The van der Waals surface area contributed by atoms with E-state index in [1.807, 2.05) is 5.38 Å². The zero-order valence-corrected chi connectivity index (χ0v) is 23.4. The van der Waals surface area contributed by atoms with E-state index in [1.54, 1.807) is 29.2 Å². The Morgan fingerprint density at radius 3 is 2.40 bits per heavy atom. The monoisotopic (exact) mass is 569 g/mol. The summed E-state index contributed by atoms with van der Waals surface area (Å²) < 4.78 is 39.0. The van der Waals surface area contributed by atoms with Crippen molar-refractivity contribution in [3.63, 3.8) is 0 Å². The predicted octanol–water partition coefficient (Wildman–Crippen LogP) is 7.30. The molecule has 1 aromatic heterocycles. The third-order valence-corrected chi connectivity index (χ3v) is 9.24. The van der Waals surface area contributed by atoms with Crippen molar-refractivity contribution in [2.45, 2.75) is 63.1 Å². The summed E-state index contributed by atoms with van der Waals surface area (Å²) in [6.45, 7) is 2.26. The van der Waals surface area contributed by atoms with Gasteiger partial charge in [-0.2, -0.15) is 13.2 Å². The van der Waals surface area contributed by atoms with E-state index in [1.165, 1.54) is 36.3 Å². The lowest BCUT2D eigenvalue weighted by Crippen LogP contribution is -2.38. The van der Waals surface area contributed by atoms with Crippen LogP contribution in [0.3, 0.4) is 0 Å². The summed E-state index contributed by atoms with van der Waals surface area (Å²) in [5, 5.41) is 2.83. The highest BCUT2D eigenvalue weighted by molar-refractivity contribution is 7.09. The van der Waals surface area contributed by atoms with Crippen molar-refractivity contribution in [2.75, 3.05) is 26.7 Å². The van der Waals surface area contributed by atoms with Crippen molar-refractivity contribution >= 4 is 23.0 Å². The molecule has 9 heteroatoms. The number of hydrogen-bond acceptors (Lipinski definition) is 5. The average Bonchev–Trinajstić information content (AvgIpc) is 3.62. The Bertz CT molecular complexity index is 1330. The molecule has 3 aromatic rings. The third-order valence-electron chi connectivity index (χ3n) is 8.23. The molecule has 1 atom stereocenters. The smallest absolute Gasteiger partial charge is 0.339 e. The summed E-state index contributed by atoms with van der Waals surface area (Å²) in [7, 11) is 2.16. The van der Waals surface area contributed by atoms with E-state index < -0.39 is 11.7 Å². The van der Waals surface area contributed by atoms with Crippen LogP contribution in [0, 0.1) is 0 Å². The number of amides is 1. The molecule has 5 nitrogen and oxygen atoms in total. The van der Waals surface area contributed by atoms with Crippen LogP contribution in [0.4, 0.5) is 13.2 Å². The lowest BCUT2D eigenvalue weighted by molar-refractivity contribution is -0.137. The second-order valence-electron chi connectivity index (χ2n) is 10.9. The van der Waals surface area contributed by atoms with Crippen LogP contribution in [0.25, 0.3) is 11.1 Å². The largest absolute Gasteiger partial charge is 0.416 e. The Balaban J connectivity index is 1.17. The van der Waals surface area contributed by atoms with Gasteiger partial charge in [-0.05, 0) is 81.4 Å². The number of likely N-dealkylation sites (tertiary alicyclic amines) is 2. The summed E-state index contributed by atoms with van der Waals surface area (Å²) in [4.78, 5) is 35.1. The number of Topliss-reactive ketones (excluding diaryl/α,β-unsaturated/α-hetero) is 1. The molecule has 0 N–H and O–H groups in total. The van der Waals surface area contributed by atoms with Gasteiger partial charge in [-0.15, -0.1) is 11.3 Å². The first-order valence-electron chi connectivity index (χ1n) is 14.0. The van der Waals surface area contributed by atoms with Crippen molar-refractivity contribution in [3.05, 3.63) is 75.7 Å². The van der Waals surface area contributed by atoms with Crippen LogP contribution in [0.5, 0.6) is 0 Å². The number of benzene rings is 2. The zero-order valence-electron chi connectivity index (χ0n) is 22.6. The number of carbonyl (C=O) groups is 2. The summed E-state index contributed by atoms with van der Waals surface area (Å²) in [5.41, 5.74) is 1.51. The topological polar surface area (TPSA) is 53.5 Å². The number of nitrogens with zero attached hydrogens (tertiary/aromatic N) is 3. The number of aromatic nitrogens is 1. The molecule has 0 aliphatic carbocycles. The maximum absolute atomic E-state index is 13.5. The number of thiazole rings is 1. The number of carbonyl (C=O) groups excluding carboxylic acids is 2. The molecule has 212 valence electrons. The fourth-order valence-electron chi connectivity index (χ4n) is 5.83. The van der Waals surface area contributed by atoms with Gasteiger partial charge in [0.1, 0.15) is 5.69 Å². The van der Waals surface area contributed by atoms with Gasteiger partial charge in [0.2, 0.25) is 0 Å². The fourth-order valence-corrected chi connectivity index (χ4v) is 6.83. The summed E-state index contributed by atoms with van der Waals surface area (Å²) in [6.07, 6.45) is 2.01. The summed E-state index contributed by atoms with van der Waals surface area (Å²) in [6, 6.07) is 12.6. The number of piperidine rings is 1. The van der Waals surface area contributed by atoms with E-state index in [4.69, 9.17) is 0 Å². The van der Waals surface area contributed by atoms with Crippen LogP contribution >= 0.6 is 11.3 Å². The molecule has 2 saturated heterocycles. The molecular weight excluding hydrogens is 535 g/mol. The van der Waals surface area contributed by atoms with Gasteiger partial charge in [0.25, 0.3) is 5.91 Å². The van der Waals surface area contributed by atoms with Gasteiger partial charge >= 0.3 is 6.18 Å². The molecule has 2 aromatic carbocycles. The van der Waals surface area contributed by atoms with Crippen LogP contribution in [0.15, 0.2) is 53.9 Å². The van der Waals surface area contributed by atoms with Gasteiger partial charge in [0.05, 0.1) is 10.6 Å². The van der Waals surface area contributed by atoms with Gasteiger partial charge in [-0.3, -0.25) is 9.59 Å². The van der Waals surface area contributed by atoms with E-state index in [0.717, 1.165) is 49.4 Å². The Kier molecular flexibility index (Phi) is 8.71. The Labute approximate surface area is 237 Å². The molecule has 0 spiro atoms. The van der Waals surface area contributed by atoms with Crippen LogP contribution in [0.1, 0.15) is 82.3 Å². The van der Waals surface area contributed by atoms with Gasteiger partial charge in [-0.25, -0.2) is 4.98 Å². The van der Waals surface area contributed by atoms with Crippen LogP contribution in [-0.2, 0) is 6.18 Å². The van der Waals surface area contributed by atoms with Gasteiger partial charge < -0.3 is 9.80 Å². The standard InChI is InChI=1S/C31H34F3N3O2S/c1-36-17-5-7-24(36)6-4-10-28(38)27-20-40-29(35-27)22-15-18-37(19-16-22)30(39)26-9-3-2-8-25(26)21-11-13-23(14-12-21)31(32,33)34/h2-3,8-9,11-14,20,22,24H,4-7,10,15-19H2,1H3. The number of alkyl halides is 3. The zero-order chi connectivity index (χ0) is 28.3. The molecule has 2 aliphatic rings. The molecule has 2 aliphatic heterocycles. The highest BCUT2D eigenvalue weighted by atomic mass is 32.1. The molecule has 0 saturated carbocycles.